The van der Waals surface area contributed by atoms with Crippen LogP contribution in [0.15, 0.2) is 48.8 Å². The van der Waals surface area contributed by atoms with Crippen molar-refractivity contribution in [3.8, 4) is 11.1 Å². The molecule has 7 nitrogen and oxygen atoms in total. The van der Waals surface area contributed by atoms with E-state index in [0.29, 0.717) is 35.9 Å². The molecule has 0 aliphatic carbocycles. The Bertz CT molecular complexity index is 1240. The number of hydrogen-bond acceptors (Lipinski definition) is 6. The zero-order chi connectivity index (χ0) is 26.0. The van der Waals surface area contributed by atoms with E-state index in [2.05, 4.69) is 20.2 Å². The van der Waals surface area contributed by atoms with Gasteiger partial charge in [-0.1, -0.05) is 6.07 Å². The molecule has 1 aromatic heterocycles. The molecule has 3 aromatic rings. The first-order chi connectivity index (χ1) is 17.0. The minimum Gasteiger partial charge on any atom is -0.370 e. The van der Waals surface area contributed by atoms with E-state index in [1.165, 1.54) is 30.6 Å². The number of nitrogens with one attached hydrogen (secondary N) is 1. The molecular weight excluding hydrogens is 476 g/mol. The molecule has 11 heteroatoms. The standard InChI is InChI=1S/C25H26F4N6O/c1-34(2)18-7-9-35(10-8-18)22-6-4-17(25(27,28)29)12-21(22)33-23(36)19-11-15(3-5-20(19)26)16-13-31-24(30)32-14-16/h3-6,11-14,18H,7-10H2,1-2H3,(H,33,36)(H2,30,31,32). The summed E-state index contributed by atoms with van der Waals surface area (Å²) in [7, 11) is 3.98. The number of rotatable bonds is 5. The number of nitrogens with zero attached hydrogens (tertiary/aromatic N) is 4. The fourth-order valence-corrected chi connectivity index (χ4v) is 4.27. The van der Waals surface area contributed by atoms with Crippen LogP contribution in [-0.2, 0) is 6.18 Å². The van der Waals surface area contributed by atoms with Crippen LogP contribution in [-0.4, -0.2) is 54.0 Å². The number of carbonyl (C=O) groups excluding carboxylic acids is 1. The van der Waals surface area contributed by atoms with Crippen molar-refractivity contribution in [1.82, 2.24) is 14.9 Å². The third kappa shape index (κ3) is 5.56. The van der Waals surface area contributed by atoms with Gasteiger partial charge in [-0.15, -0.1) is 0 Å². The molecule has 0 unspecified atom stereocenters. The fourth-order valence-electron chi connectivity index (χ4n) is 4.27. The van der Waals surface area contributed by atoms with Crippen LogP contribution in [0.3, 0.4) is 0 Å². The van der Waals surface area contributed by atoms with Gasteiger partial charge in [0, 0.05) is 37.1 Å². The molecule has 2 aromatic carbocycles. The first-order valence-electron chi connectivity index (χ1n) is 11.3. The third-order valence-electron chi connectivity index (χ3n) is 6.32. The molecule has 1 fully saturated rings. The SMILES string of the molecule is CN(C)C1CCN(c2ccc(C(F)(F)F)cc2NC(=O)c2cc(-c3cnc(N)nc3)ccc2F)CC1. The Morgan fingerprint density at radius 1 is 1.06 bits per heavy atom. The van der Waals surface area contributed by atoms with E-state index in [-0.39, 0.29) is 17.2 Å². The third-order valence-corrected chi connectivity index (χ3v) is 6.32. The summed E-state index contributed by atoms with van der Waals surface area (Å²) in [5.41, 5.74) is 5.66. The summed E-state index contributed by atoms with van der Waals surface area (Å²) in [5, 5.41) is 2.52. The van der Waals surface area contributed by atoms with Crippen molar-refractivity contribution in [2.75, 3.05) is 43.1 Å². The van der Waals surface area contributed by atoms with Crippen LogP contribution >= 0.6 is 0 Å². The van der Waals surface area contributed by atoms with Gasteiger partial charge in [-0.3, -0.25) is 4.79 Å². The lowest BCUT2D eigenvalue weighted by molar-refractivity contribution is -0.137. The van der Waals surface area contributed by atoms with Crippen molar-refractivity contribution < 1.29 is 22.4 Å². The van der Waals surface area contributed by atoms with Crippen molar-refractivity contribution in [2.24, 2.45) is 0 Å². The Kier molecular flexibility index (Phi) is 7.11. The number of benzene rings is 2. The number of hydrogen-bond donors (Lipinski definition) is 2. The van der Waals surface area contributed by atoms with Crippen molar-refractivity contribution >= 4 is 23.2 Å². The van der Waals surface area contributed by atoms with E-state index in [1.54, 1.807) is 0 Å². The molecule has 0 bridgehead atoms. The minimum absolute atomic E-state index is 0.0289. The van der Waals surface area contributed by atoms with Gasteiger partial charge in [0.05, 0.1) is 22.5 Å². The molecule has 0 radical (unpaired) electrons. The molecule has 0 saturated carbocycles. The Balaban J connectivity index is 1.65. The van der Waals surface area contributed by atoms with Gasteiger partial charge in [0.1, 0.15) is 5.82 Å². The molecule has 1 saturated heterocycles. The largest absolute Gasteiger partial charge is 0.416 e. The summed E-state index contributed by atoms with van der Waals surface area (Å²) in [5.74, 6) is -1.62. The maximum Gasteiger partial charge on any atom is 0.416 e. The van der Waals surface area contributed by atoms with Crippen LogP contribution in [0, 0.1) is 5.82 Å². The number of anilines is 3. The van der Waals surface area contributed by atoms with E-state index in [9.17, 15) is 22.4 Å². The lowest BCUT2D eigenvalue weighted by Crippen LogP contribution is -2.42. The summed E-state index contributed by atoms with van der Waals surface area (Å²) < 4.78 is 55.0. The zero-order valence-corrected chi connectivity index (χ0v) is 19.8. The van der Waals surface area contributed by atoms with Gasteiger partial charge >= 0.3 is 6.18 Å². The number of nitrogens with two attached hydrogens (primary N) is 1. The smallest absolute Gasteiger partial charge is 0.370 e. The number of piperidine rings is 1. The van der Waals surface area contributed by atoms with Gasteiger partial charge in [-0.05, 0) is 62.8 Å². The second-order valence-electron chi connectivity index (χ2n) is 8.89. The molecular formula is C25H26F4N6O. The monoisotopic (exact) mass is 502 g/mol. The second-order valence-corrected chi connectivity index (χ2v) is 8.89. The second kappa shape index (κ2) is 10.1. The van der Waals surface area contributed by atoms with Gasteiger partial charge < -0.3 is 20.9 Å². The van der Waals surface area contributed by atoms with Crippen molar-refractivity contribution in [3.05, 3.63) is 65.7 Å². The molecule has 4 rings (SSSR count). The summed E-state index contributed by atoms with van der Waals surface area (Å²) >= 11 is 0. The van der Waals surface area contributed by atoms with Gasteiger partial charge in [0.25, 0.3) is 5.91 Å². The van der Waals surface area contributed by atoms with E-state index >= 15 is 0 Å². The number of alkyl halides is 3. The first kappa shape index (κ1) is 25.4. The van der Waals surface area contributed by atoms with Crippen molar-refractivity contribution in [3.63, 3.8) is 0 Å². The zero-order valence-electron chi connectivity index (χ0n) is 19.8. The Morgan fingerprint density at radius 2 is 1.72 bits per heavy atom. The normalized spacial score (nSPS) is 14.8. The molecule has 2 heterocycles. The maximum absolute atomic E-state index is 14.6. The van der Waals surface area contributed by atoms with E-state index in [1.807, 2.05) is 19.0 Å². The Morgan fingerprint density at radius 3 is 2.33 bits per heavy atom. The highest BCUT2D eigenvalue weighted by molar-refractivity contribution is 6.06. The highest BCUT2D eigenvalue weighted by atomic mass is 19.4. The van der Waals surface area contributed by atoms with Crippen molar-refractivity contribution in [2.45, 2.75) is 25.1 Å². The lowest BCUT2D eigenvalue weighted by atomic mass is 10.0. The van der Waals surface area contributed by atoms with Crippen LogP contribution in [0.4, 0.5) is 34.9 Å². The quantitative estimate of drug-likeness (QED) is 0.494. The predicted octanol–water partition coefficient (Wildman–Crippen LogP) is 4.67. The molecule has 190 valence electrons. The van der Waals surface area contributed by atoms with Crippen LogP contribution in [0.2, 0.25) is 0 Å². The maximum atomic E-state index is 14.6. The molecule has 1 amide bonds. The summed E-state index contributed by atoms with van der Waals surface area (Å²) in [6.45, 7) is 1.22. The average Bonchev–Trinajstić information content (AvgIpc) is 2.84. The fraction of sp³-hybridized carbons (Fsp3) is 0.320. The van der Waals surface area contributed by atoms with Gasteiger partial charge in [-0.25, -0.2) is 14.4 Å². The molecule has 1 aliphatic rings. The first-order valence-corrected chi connectivity index (χ1v) is 11.3. The van der Waals surface area contributed by atoms with Gasteiger partial charge in [0.15, 0.2) is 0 Å². The lowest BCUT2D eigenvalue weighted by Gasteiger charge is -2.37. The van der Waals surface area contributed by atoms with Crippen LogP contribution in [0.1, 0.15) is 28.8 Å². The van der Waals surface area contributed by atoms with Gasteiger partial charge in [0.2, 0.25) is 5.95 Å². The number of amides is 1. The highest BCUT2D eigenvalue weighted by Crippen LogP contribution is 2.37. The van der Waals surface area contributed by atoms with E-state index in [0.717, 1.165) is 31.0 Å². The molecule has 0 spiro atoms. The van der Waals surface area contributed by atoms with Crippen LogP contribution < -0.4 is 16.0 Å². The topological polar surface area (TPSA) is 87.4 Å². The van der Waals surface area contributed by atoms with Crippen molar-refractivity contribution in [1.29, 1.82) is 0 Å². The highest BCUT2D eigenvalue weighted by Gasteiger charge is 2.32. The number of carbonyl (C=O) groups is 1. The van der Waals surface area contributed by atoms with Crippen LogP contribution in [0.5, 0.6) is 0 Å². The number of nitrogen functional groups attached to an aromatic ring is 1. The molecule has 3 N–H and O–H groups in total. The molecule has 0 atom stereocenters. The summed E-state index contributed by atoms with van der Waals surface area (Å²) in [6, 6.07) is 7.46. The summed E-state index contributed by atoms with van der Waals surface area (Å²) in [4.78, 5) is 24.9. The Hall–Kier alpha value is -3.73. The van der Waals surface area contributed by atoms with E-state index < -0.39 is 23.5 Å². The molecule has 1 aliphatic heterocycles. The number of halogens is 4. The summed E-state index contributed by atoms with van der Waals surface area (Å²) in [6.07, 6.45) is -0.0985. The van der Waals surface area contributed by atoms with E-state index in [4.69, 9.17) is 5.73 Å². The Labute approximate surface area is 205 Å². The van der Waals surface area contributed by atoms with Crippen LogP contribution in [0.25, 0.3) is 11.1 Å². The van der Waals surface area contributed by atoms with Gasteiger partial charge in [-0.2, -0.15) is 13.2 Å². The average molecular weight is 503 g/mol. The number of aromatic nitrogens is 2. The molecule has 36 heavy (non-hydrogen) atoms. The predicted molar refractivity (Wildman–Crippen MR) is 130 cm³/mol. The minimum atomic E-state index is -4.60.